The van der Waals surface area contributed by atoms with Gasteiger partial charge in [0.15, 0.2) is 0 Å². The van der Waals surface area contributed by atoms with Gasteiger partial charge < -0.3 is 9.80 Å². The largest absolute Gasteiger partial charge is 0.365 e. The molecule has 3 atom stereocenters. The second kappa shape index (κ2) is 7.21. The number of rotatable bonds is 3. The van der Waals surface area contributed by atoms with Gasteiger partial charge in [0.25, 0.3) is 0 Å². The third-order valence-corrected chi connectivity index (χ3v) is 6.24. The van der Waals surface area contributed by atoms with Crippen LogP contribution in [0.1, 0.15) is 25.3 Å². The summed E-state index contributed by atoms with van der Waals surface area (Å²) in [5.41, 5.74) is 2.81. The van der Waals surface area contributed by atoms with Gasteiger partial charge >= 0.3 is 0 Å². The second-order valence-electron chi connectivity index (χ2n) is 7.87. The van der Waals surface area contributed by atoms with E-state index in [1.165, 1.54) is 6.42 Å². The number of nitrogens with zero attached hydrogens (tertiary/aromatic N) is 7. The highest BCUT2D eigenvalue weighted by Crippen LogP contribution is 2.39. The van der Waals surface area contributed by atoms with Gasteiger partial charge in [-0.15, -0.1) is 4.80 Å². The SMILES string of the molecule is CC1CC2CCN(c3cc(C#N)ccn3)C2CN1c1ccccc1-n1nccn1. The van der Waals surface area contributed by atoms with Gasteiger partial charge in [-0.05, 0) is 49.9 Å². The molecule has 2 aromatic heterocycles. The zero-order valence-electron chi connectivity index (χ0n) is 16.4. The first kappa shape index (κ1) is 17.7. The summed E-state index contributed by atoms with van der Waals surface area (Å²) in [6.07, 6.45) is 7.46. The Morgan fingerprint density at radius 1 is 1.03 bits per heavy atom. The Kier molecular flexibility index (Phi) is 4.39. The summed E-state index contributed by atoms with van der Waals surface area (Å²) in [5.74, 6) is 1.55. The van der Waals surface area contributed by atoms with Gasteiger partial charge in [-0.1, -0.05) is 12.1 Å². The minimum atomic E-state index is 0.381. The first-order chi connectivity index (χ1) is 14.2. The third kappa shape index (κ3) is 3.11. The molecule has 0 saturated carbocycles. The zero-order chi connectivity index (χ0) is 19.8. The predicted octanol–water partition coefficient (Wildman–Crippen LogP) is 3.03. The zero-order valence-corrected chi connectivity index (χ0v) is 16.4. The van der Waals surface area contributed by atoms with E-state index in [2.05, 4.69) is 56.2 Å². The van der Waals surface area contributed by atoms with Gasteiger partial charge in [-0.3, -0.25) is 0 Å². The molecule has 7 heteroatoms. The monoisotopic (exact) mass is 385 g/mol. The van der Waals surface area contributed by atoms with Crippen LogP contribution in [0.25, 0.3) is 5.69 Å². The maximum absolute atomic E-state index is 9.27. The van der Waals surface area contributed by atoms with Gasteiger partial charge in [0.2, 0.25) is 0 Å². The summed E-state index contributed by atoms with van der Waals surface area (Å²) in [6, 6.07) is 15.0. The Bertz CT molecular complexity index is 1040. The van der Waals surface area contributed by atoms with E-state index in [1.807, 2.05) is 12.1 Å². The summed E-state index contributed by atoms with van der Waals surface area (Å²) in [4.78, 5) is 11.1. The molecule has 1 aromatic carbocycles. The van der Waals surface area contributed by atoms with Crippen LogP contribution in [0.2, 0.25) is 0 Å². The Labute approximate surface area is 170 Å². The van der Waals surface area contributed by atoms with Crippen LogP contribution < -0.4 is 9.80 Å². The maximum Gasteiger partial charge on any atom is 0.130 e. The fraction of sp³-hybridized carbons (Fsp3) is 0.364. The van der Waals surface area contributed by atoms with Gasteiger partial charge in [-0.2, -0.15) is 15.5 Å². The molecule has 3 aromatic rings. The standard InChI is InChI=1S/C22H23N7/c1-16-12-18-7-11-27(22-13-17(14-23)6-8-24-22)21(18)15-28(16)19-4-2-3-5-20(19)29-25-9-10-26-29/h2-6,8-10,13,16,18,21H,7,11-12,15H2,1H3. The van der Waals surface area contributed by atoms with E-state index in [1.54, 1.807) is 29.5 Å². The molecule has 0 radical (unpaired) electrons. The van der Waals surface area contributed by atoms with E-state index in [-0.39, 0.29) is 0 Å². The lowest BCUT2D eigenvalue weighted by atomic mass is 9.87. The van der Waals surface area contributed by atoms with Crippen molar-refractivity contribution in [3.05, 3.63) is 60.6 Å². The summed E-state index contributed by atoms with van der Waals surface area (Å²) in [7, 11) is 0. The van der Waals surface area contributed by atoms with E-state index < -0.39 is 0 Å². The number of fused-ring (bicyclic) bond motifs is 1. The predicted molar refractivity (Wildman–Crippen MR) is 111 cm³/mol. The van der Waals surface area contributed by atoms with Crippen LogP contribution in [-0.4, -0.2) is 45.2 Å². The fourth-order valence-electron chi connectivity index (χ4n) is 4.87. The molecule has 4 heterocycles. The van der Waals surface area contributed by atoms with Crippen molar-refractivity contribution in [3.63, 3.8) is 0 Å². The minimum Gasteiger partial charge on any atom is -0.365 e. The molecule has 2 aliphatic rings. The average molecular weight is 385 g/mol. The van der Waals surface area contributed by atoms with Gasteiger partial charge in [0, 0.05) is 25.3 Å². The summed E-state index contributed by atoms with van der Waals surface area (Å²) < 4.78 is 0. The first-order valence-electron chi connectivity index (χ1n) is 10.1. The number of nitriles is 1. The molecule has 7 nitrogen and oxygen atoms in total. The lowest BCUT2D eigenvalue weighted by Crippen LogP contribution is -2.52. The number of para-hydroxylation sites is 2. The molecule has 5 rings (SSSR count). The number of pyridine rings is 1. The molecule has 0 aliphatic carbocycles. The first-order valence-corrected chi connectivity index (χ1v) is 10.1. The Morgan fingerprint density at radius 2 is 1.83 bits per heavy atom. The Balaban J connectivity index is 1.48. The van der Waals surface area contributed by atoms with Crippen molar-refractivity contribution >= 4 is 11.5 Å². The van der Waals surface area contributed by atoms with E-state index in [4.69, 9.17) is 0 Å². The highest BCUT2D eigenvalue weighted by Gasteiger charge is 2.42. The summed E-state index contributed by atoms with van der Waals surface area (Å²) in [6.45, 7) is 4.21. The van der Waals surface area contributed by atoms with Gasteiger partial charge in [0.1, 0.15) is 11.5 Å². The minimum absolute atomic E-state index is 0.381. The van der Waals surface area contributed by atoms with Crippen molar-refractivity contribution in [3.8, 4) is 11.8 Å². The molecule has 146 valence electrons. The lowest BCUT2D eigenvalue weighted by Gasteiger charge is -2.44. The Morgan fingerprint density at radius 3 is 2.62 bits per heavy atom. The second-order valence-corrected chi connectivity index (χ2v) is 7.87. The Hall–Kier alpha value is -3.40. The molecule has 29 heavy (non-hydrogen) atoms. The molecular weight excluding hydrogens is 362 g/mol. The normalized spacial score (nSPS) is 23.7. The van der Waals surface area contributed by atoms with E-state index >= 15 is 0 Å². The summed E-state index contributed by atoms with van der Waals surface area (Å²) in [5, 5.41) is 18.0. The van der Waals surface area contributed by atoms with Crippen molar-refractivity contribution in [2.24, 2.45) is 5.92 Å². The van der Waals surface area contributed by atoms with E-state index in [9.17, 15) is 5.26 Å². The molecule has 0 bridgehead atoms. The number of aromatic nitrogens is 4. The molecule has 2 saturated heterocycles. The maximum atomic E-state index is 9.27. The quantitative estimate of drug-likeness (QED) is 0.690. The molecular formula is C22H23N7. The van der Waals surface area contributed by atoms with Crippen LogP contribution in [0.4, 0.5) is 11.5 Å². The smallest absolute Gasteiger partial charge is 0.130 e. The highest BCUT2D eigenvalue weighted by atomic mass is 15.5. The van der Waals surface area contributed by atoms with Crippen molar-refractivity contribution in [1.29, 1.82) is 5.26 Å². The number of benzene rings is 1. The van der Waals surface area contributed by atoms with Crippen molar-refractivity contribution in [2.75, 3.05) is 22.9 Å². The van der Waals surface area contributed by atoms with Crippen molar-refractivity contribution < 1.29 is 0 Å². The van der Waals surface area contributed by atoms with Crippen LogP contribution in [0, 0.1) is 17.2 Å². The molecule has 0 amide bonds. The van der Waals surface area contributed by atoms with Crippen LogP contribution in [0.3, 0.4) is 0 Å². The lowest BCUT2D eigenvalue weighted by molar-refractivity contribution is 0.340. The average Bonchev–Trinajstić information content (AvgIpc) is 3.43. The van der Waals surface area contributed by atoms with Crippen LogP contribution in [0.15, 0.2) is 55.0 Å². The van der Waals surface area contributed by atoms with Crippen molar-refractivity contribution in [1.82, 2.24) is 20.0 Å². The molecule has 2 aliphatic heterocycles. The topological polar surface area (TPSA) is 73.9 Å². The van der Waals surface area contributed by atoms with Gasteiger partial charge in [-0.25, -0.2) is 4.98 Å². The van der Waals surface area contributed by atoms with Crippen LogP contribution >= 0.6 is 0 Å². The van der Waals surface area contributed by atoms with Crippen molar-refractivity contribution in [2.45, 2.75) is 31.8 Å². The highest BCUT2D eigenvalue weighted by molar-refractivity contribution is 5.63. The number of piperidine rings is 1. The summed E-state index contributed by atoms with van der Waals surface area (Å²) >= 11 is 0. The van der Waals surface area contributed by atoms with Crippen LogP contribution in [0.5, 0.6) is 0 Å². The number of anilines is 2. The van der Waals surface area contributed by atoms with Crippen LogP contribution in [-0.2, 0) is 0 Å². The molecule has 0 spiro atoms. The number of hydrogen-bond acceptors (Lipinski definition) is 6. The van der Waals surface area contributed by atoms with E-state index in [0.717, 1.165) is 36.7 Å². The fourth-order valence-corrected chi connectivity index (χ4v) is 4.87. The van der Waals surface area contributed by atoms with Gasteiger partial charge in [0.05, 0.1) is 35.8 Å². The molecule has 2 fully saturated rings. The van der Waals surface area contributed by atoms with E-state index in [0.29, 0.717) is 23.6 Å². The number of hydrogen-bond donors (Lipinski definition) is 0. The molecule has 0 N–H and O–H groups in total. The third-order valence-electron chi connectivity index (χ3n) is 6.24. The molecule has 3 unspecified atom stereocenters.